The third-order valence-electron chi connectivity index (χ3n) is 2.76. The number of benzene rings is 1. The molecule has 0 aliphatic heterocycles. The summed E-state index contributed by atoms with van der Waals surface area (Å²) >= 11 is 5.21. The van der Waals surface area contributed by atoms with Gasteiger partial charge in [0.1, 0.15) is 5.60 Å². The number of hydrogen-bond donors (Lipinski definition) is 1. The van der Waals surface area contributed by atoms with Crippen LogP contribution in [0.15, 0.2) is 30.3 Å². The fourth-order valence-corrected chi connectivity index (χ4v) is 1.97. The van der Waals surface area contributed by atoms with Crippen molar-refractivity contribution < 1.29 is 14.6 Å². The van der Waals surface area contributed by atoms with E-state index in [0.717, 1.165) is 5.56 Å². The number of ether oxygens (including phenoxy) is 2. The van der Waals surface area contributed by atoms with Crippen molar-refractivity contribution in [3.8, 4) is 0 Å². The Balaban J connectivity index is 2.35. The van der Waals surface area contributed by atoms with Crippen molar-refractivity contribution in [1.29, 1.82) is 0 Å². The third kappa shape index (κ3) is 6.46. The van der Waals surface area contributed by atoms with Gasteiger partial charge in [-0.2, -0.15) is 0 Å². The molecule has 112 valence electrons. The second-order valence-electron chi connectivity index (χ2n) is 5.89. The molecule has 2 unspecified atom stereocenters. The van der Waals surface area contributed by atoms with E-state index in [2.05, 4.69) is 0 Å². The van der Waals surface area contributed by atoms with Crippen LogP contribution in [0.2, 0.25) is 0 Å². The van der Waals surface area contributed by atoms with Crippen LogP contribution in [0.25, 0.3) is 0 Å². The minimum atomic E-state index is -0.659. The first-order valence-corrected chi connectivity index (χ1v) is 7.23. The smallest absolute Gasteiger partial charge is 0.165 e. The lowest BCUT2D eigenvalue weighted by atomic mass is 10.1. The molecule has 0 bridgehead atoms. The average molecular weight is 296 g/mol. The molecule has 0 saturated heterocycles. The van der Waals surface area contributed by atoms with Crippen molar-refractivity contribution in [1.82, 2.24) is 0 Å². The van der Waals surface area contributed by atoms with E-state index in [1.54, 1.807) is 0 Å². The first kappa shape index (κ1) is 17.1. The quantitative estimate of drug-likeness (QED) is 0.817. The van der Waals surface area contributed by atoms with Crippen LogP contribution in [0.4, 0.5) is 0 Å². The van der Waals surface area contributed by atoms with Gasteiger partial charge < -0.3 is 14.6 Å². The summed E-state index contributed by atoms with van der Waals surface area (Å²) < 4.78 is 11.1. The van der Waals surface area contributed by atoms with Gasteiger partial charge in [0.15, 0.2) is 5.05 Å². The maximum atomic E-state index is 10.1. The van der Waals surface area contributed by atoms with Gasteiger partial charge in [0.25, 0.3) is 0 Å². The van der Waals surface area contributed by atoms with Crippen LogP contribution in [-0.4, -0.2) is 28.5 Å². The molecule has 1 aromatic rings. The van der Waals surface area contributed by atoms with E-state index in [1.807, 2.05) is 58.0 Å². The van der Waals surface area contributed by atoms with Crippen molar-refractivity contribution in [2.75, 3.05) is 6.61 Å². The Morgan fingerprint density at radius 2 is 1.85 bits per heavy atom. The van der Waals surface area contributed by atoms with Gasteiger partial charge in [-0.3, -0.25) is 0 Å². The molecule has 2 atom stereocenters. The Kier molecular flexibility index (Phi) is 6.59. The SMILES string of the molecule is CC(C(=S)OC(C)(C)C)C(O)COCc1ccccc1. The normalized spacial score (nSPS) is 14.7. The van der Waals surface area contributed by atoms with Crippen molar-refractivity contribution in [3.63, 3.8) is 0 Å². The first-order chi connectivity index (χ1) is 9.29. The molecule has 0 amide bonds. The lowest BCUT2D eigenvalue weighted by molar-refractivity contribution is 0.00689. The minimum Gasteiger partial charge on any atom is -0.481 e. The van der Waals surface area contributed by atoms with Crippen LogP contribution in [0, 0.1) is 5.92 Å². The summed E-state index contributed by atoms with van der Waals surface area (Å²) in [7, 11) is 0. The highest BCUT2D eigenvalue weighted by Gasteiger charge is 2.24. The van der Waals surface area contributed by atoms with E-state index in [1.165, 1.54) is 0 Å². The molecular formula is C16H24O3S. The number of aliphatic hydroxyl groups excluding tert-OH is 1. The Morgan fingerprint density at radius 1 is 1.25 bits per heavy atom. The number of thiocarbonyl (C=S) groups is 1. The molecule has 1 N–H and O–H groups in total. The lowest BCUT2D eigenvalue weighted by Gasteiger charge is -2.26. The zero-order valence-electron chi connectivity index (χ0n) is 12.6. The summed E-state index contributed by atoms with van der Waals surface area (Å²) in [5, 5.41) is 10.5. The van der Waals surface area contributed by atoms with Gasteiger partial charge in [-0.15, -0.1) is 0 Å². The van der Waals surface area contributed by atoms with E-state index in [0.29, 0.717) is 11.7 Å². The largest absolute Gasteiger partial charge is 0.481 e. The van der Waals surface area contributed by atoms with Gasteiger partial charge in [-0.1, -0.05) is 37.3 Å². The maximum Gasteiger partial charge on any atom is 0.165 e. The van der Waals surface area contributed by atoms with Crippen molar-refractivity contribution in [3.05, 3.63) is 35.9 Å². The fraction of sp³-hybridized carbons (Fsp3) is 0.562. The van der Waals surface area contributed by atoms with E-state index < -0.39 is 6.10 Å². The number of hydrogen-bond acceptors (Lipinski definition) is 4. The highest BCUT2D eigenvalue weighted by molar-refractivity contribution is 7.80. The molecule has 0 fully saturated rings. The molecule has 0 radical (unpaired) electrons. The molecule has 0 aliphatic rings. The van der Waals surface area contributed by atoms with Gasteiger partial charge in [0, 0.05) is 0 Å². The number of rotatable bonds is 6. The standard InChI is InChI=1S/C16H24O3S/c1-12(15(20)19-16(2,3)4)14(17)11-18-10-13-8-6-5-7-9-13/h5-9,12,14,17H,10-11H2,1-4H3. The van der Waals surface area contributed by atoms with E-state index >= 15 is 0 Å². The van der Waals surface area contributed by atoms with Gasteiger partial charge in [0.2, 0.25) is 0 Å². The highest BCUT2D eigenvalue weighted by atomic mass is 32.1. The zero-order valence-corrected chi connectivity index (χ0v) is 13.4. The van der Waals surface area contributed by atoms with Crippen molar-refractivity contribution >= 4 is 17.3 Å². The monoisotopic (exact) mass is 296 g/mol. The third-order valence-corrected chi connectivity index (χ3v) is 3.21. The summed E-state index contributed by atoms with van der Waals surface area (Å²) in [5.74, 6) is -0.236. The van der Waals surface area contributed by atoms with Gasteiger partial charge >= 0.3 is 0 Å². The summed E-state index contributed by atoms with van der Waals surface area (Å²) in [6.45, 7) is 8.38. The van der Waals surface area contributed by atoms with Gasteiger partial charge in [0.05, 0.1) is 25.2 Å². The molecule has 0 saturated carbocycles. The summed E-state index contributed by atoms with van der Waals surface area (Å²) in [6.07, 6.45) is -0.659. The summed E-state index contributed by atoms with van der Waals surface area (Å²) in [5.41, 5.74) is 0.747. The Bertz CT molecular complexity index is 411. The second kappa shape index (κ2) is 7.72. The van der Waals surface area contributed by atoms with Crippen LogP contribution in [0.3, 0.4) is 0 Å². The maximum absolute atomic E-state index is 10.1. The molecule has 20 heavy (non-hydrogen) atoms. The van der Waals surface area contributed by atoms with Crippen LogP contribution in [0.1, 0.15) is 33.3 Å². The molecule has 0 spiro atoms. The van der Waals surface area contributed by atoms with Crippen molar-refractivity contribution in [2.45, 2.75) is 46.0 Å². The minimum absolute atomic E-state index is 0.236. The second-order valence-corrected chi connectivity index (χ2v) is 6.29. The van der Waals surface area contributed by atoms with E-state index in [9.17, 15) is 5.11 Å². The van der Waals surface area contributed by atoms with E-state index in [-0.39, 0.29) is 18.1 Å². The van der Waals surface area contributed by atoms with Gasteiger partial charge in [-0.05, 0) is 38.6 Å². The molecule has 0 aliphatic carbocycles. The predicted molar refractivity (Wildman–Crippen MR) is 84.7 cm³/mol. The van der Waals surface area contributed by atoms with Crippen molar-refractivity contribution in [2.24, 2.45) is 5.92 Å². The predicted octanol–water partition coefficient (Wildman–Crippen LogP) is 3.34. The molecule has 0 heterocycles. The average Bonchev–Trinajstić information content (AvgIpc) is 2.37. The first-order valence-electron chi connectivity index (χ1n) is 6.82. The van der Waals surface area contributed by atoms with Crippen LogP contribution >= 0.6 is 12.2 Å². The molecular weight excluding hydrogens is 272 g/mol. The molecule has 1 aromatic carbocycles. The Hall–Kier alpha value is -0.970. The summed E-state index contributed by atoms with van der Waals surface area (Å²) in [4.78, 5) is 0. The Morgan fingerprint density at radius 3 is 2.40 bits per heavy atom. The van der Waals surface area contributed by atoms with Gasteiger partial charge in [-0.25, -0.2) is 0 Å². The topological polar surface area (TPSA) is 38.7 Å². The zero-order chi connectivity index (χ0) is 15.2. The molecule has 0 aromatic heterocycles. The van der Waals surface area contributed by atoms with Crippen LogP contribution < -0.4 is 0 Å². The van der Waals surface area contributed by atoms with Crippen LogP contribution in [-0.2, 0) is 16.1 Å². The lowest BCUT2D eigenvalue weighted by Crippen LogP contribution is -2.34. The number of aliphatic hydroxyl groups is 1. The van der Waals surface area contributed by atoms with E-state index in [4.69, 9.17) is 21.7 Å². The fourth-order valence-electron chi connectivity index (χ4n) is 1.57. The molecule has 1 rings (SSSR count). The summed E-state index contributed by atoms with van der Waals surface area (Å²) in [6, 6.07) is 9.86. The Labute approximate surface area is 126 Å². The highest BCUT2D eigenvalue weighted by Crippen LogP contribution is 2.15. The molecule has 3 nitrogen and oxygen atoms in total. The van der Waals surface area contributed by atoms with Crippen LogP contribution in [0.5, 0.6) is 0 Å². The molecule has 4 heteroatoms.